The predicted octanol–water partition coefficient (Wildman–Crippen LogP) is 2.56. The lowest BCUT2D eigenvalue weighted by atomic mass is 9.92. The fourth-order valence-electron chi connectivity index (χ4n) is 3.12. The second-order valence-corrected chi connectivity index (χ2v) is 6.40. The van der Waals surface area contributed by atoms with Gasteiger partial charge in [0.1, 0.15) is 0 Å². The van der Waals surface area contributed by atoms with Gasteiger partial charge >= 0.3 is 6.03 Å². The largest absolute Gasteiger partial charge is 0.393 e. The first-order chi connectivity index (χ1) is 11.6. The molecule has 0 spiro atoms. The van der Waals surface area contributed by atoms with Gasteiger partial charge in [0, 0.05) is 31.2 Å². The number of aromatic nitrogens is 2. The maximum atomic E-state index is 12.4. The quantitative estimate of drug-likeness (QED) is 0.906. The second kappa shape index (κ2) is 7.49. The maximum Gasteiger partial charge on any atom is 0.321 e. The molecule has 2 amide bonds. The summed E-state index contributed by atoms with van der Waals surface area (Å²) in [7, 11) is 0. The molecule has 2 aromatic rings. The van der Waals surface area contributed by atoms with Crippen molar-refractivity contribution < 1.29 is 9.90 Å². The highest BCUT2D eigenvalue weighted by atomic mass is 16.3. The molecule has 0 bridgehead atoms. The molecule has 24 heavy (non-hydrogen) atoms. The van der Waals surface area contributed by atoms with E-state index >= 15 is 0 Å². The van der Waals surface area contributed by atoms with Gasteiger partial charge in [-0.3, -0.25) is 4.68 Å². The summed E-state index contributed by atoms with van der Waals surface area (Å²) >= 11 is 0. The van der Waals surface area contributed by atoms with Gasteiger partial charge in [0.15, 0.2) is 0 Å². The van der Waals surface area contributed by atoms with Gasteiger partial charge in [-0.15, -0.1) is 0 Å². The van der Waals surface area contributed by atoms with Crippen molar-refractivity contribution in [3.8, 4) is 0 Å². The Morgan fingerprint density at radius 2 is 2.17 bits per heavy atom. The number of nitrogens with zero attached hydrogens (tertiary/aromatic N) is 3. The number of nitrogens with one attached hydrogen (secondary N) is 1. The molecule has 1 fully saturated rings. The molecule has 1 aromatic carbocycles. The zero-order chi connectivity index (χ0) is 16.9. The van der Waals surface area contributed by atoms with E-state index in [1.165, 1.54) is 0 Å². The Morgan fingerprint density at radius 3 is 2.83 bits per heavy atom. The number of amides is 2. The minimum Gasteiger partial charge on any atom is -0.393 e. The third-order valence-electron chi connectivity index (χ3n) is 4.59. The Labute approximate surface area is 142 Å². The Kier molecular flexibility index (Phi) is 5.15. The molecule has 1 unspecified atom stereocenters. The van der Waals surface area contributed by atoms with E-state index in [1.807, 2.05) is 53.0 Å². The Morgan fingerprint density at radius 1 is 1.38 bits per heavy atom. The molecular weight excluding hydrogens is 304 g/mol. The first kappa shape index (κ1) is 16.5. The maximum absolute atomic E-state index is 12.4. The van der Waals surface area contributed by atoms with Crippen molar-refractivity contribution in [1.82, 2.24) is 14.7 Å². The summed E-state index contributed by atoms with van der Waals surface area (Å²) in [5, 5.41) is 16.8. The molecule has 128 valence electrons. The van der Waals surface area contributed by atoms with Crippen molar-refractivity contribution in [3.05, 3.63) is 48.3 Å². The van der Waals surface area contributed by atoms with E-state index in [4.69, 9.17) is 0 Å². The molecule has 1 aliphatic heterocycles. The molecule has 0 aliphatic carbocycles. The number of hydrogen-bond donors (Lipinski definition) is 2. The number of aliphatic hydroxyl groups is 1. The summed E-state index contributed by atoms with van der Waals surface area (Å²) in [6.07, 6.45) is 5.07. The summed E-state index contributed by atoms with van der Waals surface area (Å²) in [6, 6.07) is 9.65. The number of rotatable bonds is 4. The minimum atomic E-state index is -0.297. The van der Waals surface area contributed by atoms with Crippen LogP contribution < -0.4 is 5.32 Å². The number of benzene rings is 1. The van der Waals surface area contributed by atoms with Crippen molar-refractivity contribution in [3.63, 3.8) is 0 Å². The zero-order valence-corrected chi connectivity index (χ0v) is 13.9. The van der Waals surface area contributed by atoms with Crippen LogP contribution in [0.15, 0.2) is 42.7 Å². The van der Waals surface area contributed by atoms with Gasteiger partial charge in [-0.1, -0.05) is 12.1 Å². The first-order valence-electron chi connectivity index (χ1n) is 8.42. The van der Waals surface area contributed by atoms with E-state index in [0.717, 1.165) is 24.1 Å². The van der Waals surface area contributed by atoms with E-state index in [2.05, 4.69) is 10.4 Å². The predicted molar refractivity (Wildman–Crippen MR) is 92.8 cm³/mol. The molecule has 1 atom stereocenters. The lowest BCUT2D eigenvalue weighted by Gasteiger charge is -2.33. The van der Waals surface area contributed by atoms with Crippen LogP contribution in [0.5, 0.6) is 0 Å². The lowest BCUT2D eigenvalue weighted by Crippen LogP contribution is -2.42. The molecule has 1 aliphatic rings. The van der Waals surface area contributed by atoms with Gasteiger partial charge in [0.2, 0.25) is 0 Å². The third kappa shape index (κ3) is 4.14. The standard InChI is InChI=1S/C18H24N4O2/c1-14(23)16-6-10-21(11-7-16)18(24)20-17-5-2-4-15(12-17)13-22-9-3-8-19-22/h2-5,8-9,12,14,16,23H,6-7,10-11,13H2,1H3,(H,20,24). The molecule has 0 radical (unpaired) electrons. The Hall–Kier alpha value is -2.34. The fourth-order valence-corrected chi connectivity index (χ4v) is 3.12. The minimum absolute atomic E-state index is 0.0738. The molecule has 3 rings (SSSR count). The van der Waals surface area contributed by atoms with Crippen LogP contribution in [-0.2, 0) is 6.54 Å². The van der Waals surface area contributed by atoms with Crippen LogP contribution in [0.4, 0.5) is 10.5 Å². The molecule has 6 nitrogen and oxygen atoms in total. The van der Waals surface area contributed by atoms with Gasteiger partial charge in [0.25, 0.3) is 0 Å². The second-order valence-electron chi connectivity index (χ2n) is 6.40. The monoisotopic (exact) mass is 328 g/mol. The van der Waals surface area contributed by atoms with Crippen molar-refractivity contribution >= 4 is 11.7 Å². The van der Waals surface area contributed by atoms with Crippen LogP contribution in [0.3, 0.4) is 0 Å². The van der Waals surface area contributed by atoms with Crippen LogP contribution in [0.25, 0.3) is 0 Å². The van der Waals surface area contributed by atoms with Crippen molar-refractivity contribution in [2.75, 3.05) is 18.4 Å². The van der Waals surface area contributed by atoms with Gasteiger partial charge in [-0.25, -0.2) is 4.79 Å². The van der Waals surface area contributed by atoms with E-state index in [-0.39, 0.29) is 12.1 Å². The van der Waals surface area contributed by atoms with Crippen LogP contribution in [0, 0.1) is 5.92 Å². The van der Waals surface area contributed by atoms with Gasteiger partial charge in [-0.05, 0) is 49.4 Å². The molecule has 0 saturated carbocycles. The Bertz CT molecular complexity index is 661. The molecular formula is C18H24N4O2. The smallest absolute Gasteiger partial charge is 0.321 e. The zero-order valence-electron chi connectivity index (χ0n) is 13.9. The van der Waals surface area contributed by atoms with E-state index in [0.29, 0.717) is 25.6 Å². The Balaban J connectivity index is 1.57. The number of carbonyl (C=O) groups is 1. The summed E-state index contributed by atoms with van der Waals surface area (Å²) < 4.78 is 1.85. The van der Waals surface area contributed by atoms with Crippen LogP contribution in [0.1, 0.15) is 25.3 Å². The number of urea groups is 1. The lowest BCUT2D eigenvalue weighted by molar-refractivity contribution is 0.0820. The van der Waals surface area contributed by atoms with Gasteiger partial charge in [0.05, 0.1) is 12.6 Å². The van der Waals surface area contributed by atoms with E-state index in [9.17, 15) is 9.90 Å². The summed E-state index contributed by atoms with van der Waals surface area (Å²) in [5.41, 5.74) is 1.88. The van der Waals surface area contributed by atoms with Crippen LogP contribution in [-0.4, -0.2) is 45.0 Å². The van der Waals surface area contributed by atoms with Crippen molar-refractivity contribution in [2.24, 2.45) is 5.92 Å². The van der Waals surface area contributed by atoms with Crippen LogP contribution >= 0.6 is 0 Å². The number of hydrogen-bond acceptors (Lipinski definition) is 3. The molecule has 1 aromatic heterocycles. The van der Waals surface area contributed by atoms with Crippen molar-refractivity contribution in [1.29, 1.82) is 0 Å². The molecule has 2 heterocycles. The SMILES string of the molecule is CC(O)C1CCN(C(=O)Nc2cccc(Cn3cccn3)c2)CC1. The van der Waals surface area contributed by atoms with Gasteiger partial charge in [-0.2, -0.15) is 5.10 Å². The average molecular weight is 328 g/mol. The van der Waals surface area contributed by atoms with E-state index in [1.54, 1.807) is 6.20 Å². The normalized spacial score (nSPS) is 16.8. The van der Waals surface area contributed by atoms with E-state index < -0.39 is 0 Å². The number of likely N-dealkylation sites (tertiary alicyclic amines) is 1. The highest BCUT2D eigenvalue weighted by molar-refractivity contribution is 5.89. The highest BCUT2D eigenvalue weighted by Crippen LogP contribution is 2.21. The number of aliphatic hydroxyl groups excluding tert-OH is 1. The molecule has 6 heteroatoms. The number of anilines is 1. The fraction of sp³-hybridized carbons (Fsp3) is 0.444. The van der Waals surface area contributed by atoms with Gasteiger partial charge < -0.3 is 15.3 Å². The summed E-state index contributed by atoms with van der Waals surface area (Å²) in [4.78, 5) is 14.2. The summed E-state index contributed by atoms with van der Waals surface area (Å²) in [5.74, 6) is 0.298. The third-order valence-corrected chi connectivity index (χ3v) is 4.59. The number of carbonyl (C=O) groups excluding carboxylic acids is 1. The summed E-state index contributed by atoms with van der Waals surface area (Å²) in [6.45, 7) is 3.88. The van der Waals surface area contributed by atoms with Crippen molar-refractivity contribution in [2.45, 2.75) is 32.4 Å². The molecule has 1 saturated heterocycles. The number of piperidine rings is 1. The topological polar surface area (TPSA) is 70.4 Å². The highest BCUT2D eigenvalue weighted by Gasteiger charge is 2.25. The molecule has 2 N–H and O–H groups in total. The average Bonchev–Trinajstić information content (AvgIpc) is 3.08. The first-order valence-corrected chi connectivity index (χ1v) is 8.42. The van der Waals surface area contributed by atoms with Crippen LogP contribution in [0.2, 0.25) is 0 Å².